The fourth-order valence-corrected chi connectivity index (χ4v) is 4.06. The summed E-state index contributed by atoms with van der Waals surface area (Å²) in [5.74, 6) is 0.0275. The van der Waals surface area contributed by atoms with Crippen LogP contribution in [0.2, 0.25) is 0 Å². The van der Waals surface area contributed by atoms with Gasteiger partial charge in [0.2, 0.25) is 0 Å². The molecule has 0 spiro atoms. The van der Waals surface area contributed by atoms with Crippen LogP contribution in [0, 0.1) is 0 Å². The summed E-state index contributed by atoms with van der Waals surface area (Å²) in [6.45, 7) is 1.89. The molecule has 1 aliphatic rings. The Balaban J connectivity index is 1.48. The second-order valence-electron chi connectivity index (χ2n) is 6.02. The van der Waals surface area contributed by atoms with E-state index in [1.165, 1.54) is 34.6 Å². The minimum Gasteiger partial charge on any atom is -0.483 e. The fourth-order valence-electron chi connectivity index (χ4n) is 2.91. The lowest BCUT2D eigenvalue weighted by Crippen LogP contribution is -2.43. The maximum atomic E-state index is 12.2. The normalized spacial score (nSPS) is 13.0. The zero-order valence-electron chi connectivity index (χ0n) is 14.3. The molecule has 0 fully saturated rings. The van der Waals surface area contributed by atoms with Crippen LogP contribution < -0.4 is 15.6 Å². The Morgan fingerprint density at radius 2 is 1.96 bits per heavy atom. The molecule has 1 aromatic heterocycles. The minimum atomic E-state index is -0.388. The molecule has 0 radical (unpaired) electrons. The molecule has 3 rings (SSSR count). The van der Waals surface area contributed by atoms with Gasteiger partial charge in [0.15, 0.2) is 6.61 Å². The lowest BCUT2D eigenvalue weighted by atomic mass is 9.99. The van der Waals surface area contributed by atoms with E-state index >= 15 is 0 Å². The zero-order chi connectivity index (χ0) is 17.6. The SMILES string of the molecule is CCc1ccccc1OCC(=O)NNC(=O)c1cc2c(s1)CCCC2. The number of thiophene rings is 1. The van der Waals surface area contributed by atoms with Crippen molar-refractivity contribution in [3.05, 3.63) is 51.2 Å². The third kappa shape index (κ3) is 4.39. The van der Waals surface area contributed by atoms with E-state index in [1.807, 2.05) is 37.3 Å². The van der Waals surface area contributed by atoms with Gasteiger partial charge in [-0.1, -0.05) is 25.1 Å². The number of hydrogen-bond acceptors (Lipinski definition) is 4. The number of para-hydroxylation sites is 1. The first-order valence-corrected chi connectivity index (χ1v) is 9.40. The van der Waals surface area contributed by atoms with Crippen LogP contribution in [0.4, 0.5) is 0 Å². The van der Waals surface area contributed by atoms with Gasteiger partial charge in [0.05, 0.1) is 4.88 Å². The molecule has 1 heterocycles. The lowest BCUT2D eigenvalue weighted by Gasteiger charge is -2.10. The summed E-state index contributed by atoms with van der Waals surface area (Å²) in [5.41, 5.74) is 7.19. The van der Waals surface area contributed by atoms with Crippen LogP contribution in [0.1, 0.15) is 45.4 Å². The average Bonchev–Trinajstić information content (AvgIpc) is 3.09. The van der Waals surface area contributed by atoms with E-state index in [0.717, 1.165) is 24.8 Å². The highest BCUT2D eigenvalue weighted by molar-refractivity contribution is 7.14. The van der Waals surface area contributed by atoms with Crippen molar-refractivity contribution in [1.29, 1.82) is 0 Å². The molecule has 2 N–H and O–H groups in total. The number of carbonyl (C=O) groups excluding carboxylic acids is 2. The van der Waals surface area contributed by atoms with Crippen molar-refractivity contribution in [2.75, 3.05) is 6.61 Å². The standard InChI is InChI=1S/C19H22N2O3S/c1-2-13-7-3-5-9-15(13)24-12-18(22)20-21-19(23)17-11-14-8-4-6-10-16(14)25-17/h3,5,7,9,11H,2,4,6,8,10,12H2,1H3,(H,20,22)(H,21,23). The number of amides is 2. The summed E-state index contributed by atoms with van der Waals surface area (Å²) < 4.78 is 5.53. The largest absolute Gasteiger partial charge is 0.483 e. The summed E-state index contributed by atoms with van der Waals surface area (Å²) in [4.78, 5) is 26.0. The number of fused-ring (bicyclic) bond motifs is 1. The molecular formula is C19H22N2O3S. The summed E-state index contributed by atoms with van der Waals surface area (Å²) in [7, 11) is 0. The molecule has 132 valence electrons. The van der Waals surface area contributed by atoms with Gasteiger partial charge < -0.3 is 4.74 Å². The molecule has 0 saturated carbocycles. The molecule has 0 atom stereocenters. The van der Waals surface area contributed by atoms with Crippen molar-refractivity contribution in [2.45, 2.75) is 39.0 Å². The number of nitrogens with one attached hydrogen (secondary N) is 2. The second kappa shape index (κ2) is 8.16. The Hall–Kier alpha value is -2.34. The van der Waals surface area contributed by atoms with Gasteiger partial charge in [0.1, 0.15) is 5.75 Å². The molecule has 25 heavy (non-hydrogen) atoms. The highest BCUT2D eigenvalue weighted by atomic mass is 32.1. The van der Waals surface area contributed by atoms with Crippen molar-refractivity contribution in [3.8, 4) is 5.75 Å². The van der Waals surface area contributed by atoms with E-state index < -0.39 is 0 Å². The van der Waals surface area contributed by atoms with Crippen molar-refractivity contribution < 1.29 is 14.3 Å². The first kappa shape index (κ1) is 17.5. The maximum Gasteiger partial charge on any atom is 0.279 e. The van der Waals surface area contributed by atoms with Crippen LogP contribution in [0.25, 0.3) is 0 Å². The molecule has 5 nitrogen and oxygen atoms in total. The van der Waals surface area contributed by atoms with Gasteiger partial charge >= 0.3 is 0 Å². The number of benzene rings is 1. The number of ether oxygens (including phenoxy) is 1. The van der Waals surface area contributed by atoms with E-state index in [0.29, 0.717) is 10.6 Å². The third-order valence-corrected chi connectivity index (χ3v) is 5.48. The number of rotatable bonds is 5. The smallest absolute Gasteiger partial charge is 0.279 e. The topological polar surface area (TPSA) is 67.4 Å². The van der Waals surface area contributed by atoms with E-state index in [9.17, 15) is 9.59 Å². The zero-order valence-corrected chi connectivity index (χ0v) is 15.1. The van der Waals surface area contributed by atoms with Crippen LogP contribution in [0.15, 0.2) is 30.3 Å². The second-order valence-corrected chi connectivity index (χ2v) is 7.16. The van der Waals surface area contributed by atoms with Crippen LogP contribution in [0.3, 0.4) is 0 Å². The molecule has 0 bridgehead atoms. The van der Waals surface area contributed by atoms with E-state index in [-0.39, 0.29) is 18.4 Å². The third-order valence-electron chi connectivity index (χ3n) is 4.25. The van der Waals surface area contributed by atoms with E-state index in [1.54, 1.807) is 0 Å². The minimum absolute atomic E-state index is 0.141. The quantitative estimate of drug-likeness (QED) is 0.808. The van der Waals surface area contributed by atoms with Crippen LogP contribution in [0.5, 0.6) is 5.75 Å². The molecular weight excluding hydrogens is 336 g/mol. The first-order valence-electron chi connectivity index (χ1n) is 8.59. The number of hydrogen-bond donors (Lipinski definition) is 2. The summed E-state index contributed by atoms with van der Waals surface area (Å²) in [6, 6.07) is 9.54. The Morgan fingerprint density at radius 3 is 2.76 bits per heavy atom. The summed E-state index contributed by atoms with van der Waals surface area (Å²) >= 11 is 1.52. The highest BCUT2D eigenvalue weighted by Gasteiger charge is 2.17. The van der Waals surface area contributed by atoms with Gasteiger partial charge in [-0.3, -0.25) is 20.4 Å². The number of aryl methyl sites for hydroxylation is 3. The van der Waals surface area contributed by atoms with E-state index in [4.69, 9.17) is 4.74 Å². The van der Waals surface area contributed by atoms with Crippen molar-refractivity contribution in [3.63, 3.8) is 0 Å². The van der Waals surface area contributed by atoms with Crippen molar-refractivity contribution in [2.24, 2.45) is 0 Å². The Kier molecular flexibility index (Phi) is 5.71. The summed E-state index contributed by atoms with van der Waals surface area (Å²) in [5, 5.41) is 0. The molecule has 2 amide bonds. The molecule has 1 aliphatic carbocycles. The van der Waals surface area contributed by atoms with Gasteiger partial charge in [-0.2, -0.15) is 0 Å². The van der Waals surface area contributed by atoms with Gasteiger partial charge in [0.25, 0.3) is 11.8 Å². The van der Waals surface area contributed by atoms with Crippen molar-refractivity contribution >= 4 is 23.2 Å². The predicted octanol–water partition coefficient (Wildman–Crippen LogP) is 3.03. The van der Waals surface area contributed by atoms with Gasteiger partial charge in [-0.15, -0.1) is 11.3 Å². The number of hydrazine groups is 1. The van der Waals surface area contributed by atoms with E-state index in [2.05, 4.69) is 10.9 Å². The highest BCUT2D eigenvalue weighted by Crippen LogP contribution is 2.29. The number of carbonyl (C=O) groups is 2. The summed E-state index contributed by atoms with van der Waals surface area (Å²) in [6.07, 6.45) is 5.28. The van der Waals surface area contributed by atoms with Crippen LogP contribution >= 0.6 is 11.3 Å². The molecule has 2 aromatic rings. The molecule has 6 heteroatoms. The van der Waals surface area contributed by atoms with Crippen LogP contribution in [-0.2, 0) is 24.1 Å². The Bertz CT molecular complexity index is 746. The van der Waals surface area contributed by atoms with Crippen LogP contribution in [-0.4, -0.2) is 18.4 Å². The first-order chi connectivity index (χ1) is 12.2. The lowest BCUT2D eigenvalue weighted by molar-refractivity contribution is -0.123. The monoisotopic (exact) mass is 358 g/mol. The fraction of sp³-hybridized carbons (Fsp3) is 0.368. The Labute approximate surface area is 151 Å². The maximum absolute atomic E-state index is 12.2. The van der Waals surface area contributed by atoms with Gasteiger partial charge in [-0.05, 0) is 55.4 Å². The molecule has 1 aromatic carbocycles. The molecule has 0 aliphatic heterocycles. The average molecular weight is 358 g/mol. The molecule has 0 saturated heterocycles. The van der Waals surface area contributed by atoms with Gasteiger partial charge in [-0.25, -0.2) is 0 Å². The van der Waals surface area contributed by atoms with Crippen molar-refractivity contribution in [1.82, 2.24) is 10.9 Å². The van der Waals surface area contributed by atoms with Gasteiger partial charge in [0, 0.05) is 4.88 Å². The molecule has 0 unspecified atom stereocenters. The Morgan fingerprint density at radius 1 is 1.16 bits per heavy atom. The predicted molar refractivity (Wildman–Crippen MR) is 97.9 cm³/mol.